The van der Waals surface area contributed by atoms with Gasteiger partial charge in [0.2, 0.25) is 10.0 Å². The molecule has 154 valence electrons. The van der Waals surface area contributed by atoms with Gasteiger partial charge in [-0.2, -0.15) is 13.2 Å². The maximum atomic E-state index is 13.5. The van der Waals surface area contributed by atoms with E-state index in [1.54, 1.807) is 5.32 Å². The summed E-state index contributed by atoms with van der Waals surface area (Å²) in [5.74, 6) is -3.57. The number of aromatic hydroxyl groups is 1. The predicted octanol–water partition coefficient (Wildman–Crippen LogP) is 0.521. The number of carbonyl (C=O) groups is 1. The van der Waals surface area contributed by atoms with Gasteiger partial charge in [0.25, 0.3) is 0 Å². The third-order valence-corrected chi connectivity index (χ3v) is 4.40. The smallest absolute Gasteiger partial charge is 0.471 e. The number of sulfonamides is 1. The van der Waals surface area contributed by atoms with Crippen molar-refractivity contribution < 1.29 is 45.4 Å². The number of carbonyl (C=O) groups excluding carboxylic acids is 1. The molecule has 8 nitrogen and oxygen atoms in total. The molecule has 0 heterocycles. The minimum Gasteiger partial charge on any atom is -0.508 e. The molecule has 0 fully saturated rings. The van der Waals surface area contributed by atoms with E-state index in [1.165, 1.54) is 0 Å². The number of nitrogens with one attached hydrogen (secondary N) is 2. The van der Waals surface area contributed by atoms with Gasteiger partial charge in [-0.25, -0.2) is 17.5 Å². The fourth-order valence-electron chi connectivity index (χ4n) is 1.69. The van der Waals surface area contributed by atoms with E-state index in [-0.39, 0.29) is 39.5 Å². The van der Waals surface area contributed by atoms with E-state index in [0.29, 0.717) is 6.07 Å². The zero-order valence-electron chi connectivity index (χ0n) is 13.9. The zero-order chi connectivity index (χ0) is 20.5. The minimum absolute atomic E-state index is 0.0151. The first-order valence-electron chi connectivity index (χ1n) is 7.53. The Bertz CT molecular complexity index is 727. The summed E-state index contributed by atoms with van der Waals surface area (Å²) in [6.07, 6.45) is -4.94. The van der Waals surface area contributed by atoms with E-state index in [2.05, 4.69) is 4.72 Å². The van der Waals surface area contributed by atoms with Gasteiger partial charge in [-0.05, 0) is 12.1 Å². The lowest BCUT2D eigenvalue weighted by Crippen LogP contribution is -2.38. The summed E-state index contributed by atoms with van der Waals surface area (Å²) in [6.45, 7) is -0.657. The number of hydrogen-bond donors (Lipinski definition) is 3. The molecule has 1 rings (SSSR count). The molecule has 0 radical (unpaired) electrons. The normalized spacial score (nSPS) is 12.1. The number of ether oxygens (including phenoxy) is 2. The lowest BCUT2D eigenvalue weighted by atomic mass is 10.3. The Labute approximate surface area is 152 Å². The van der Waals surface area contributed by atoms with Crippen LogP contribution in [0.15, 0.2) is 23.1 Å². The highest BCUT2D eigenvalue weighted by atomic mass is 32.2. The monoisotopic (exact) mass is 418 g/mol. The van der Waals surface area contributed by atoms with Crippen molar-refractivity contribution in [2.24, 2.45) is 0 Å². The summed E-state index contributed by atoms with van der Waals surface area (Å²) < 4.78 is 85.0. The lowest BCUT2D eigenvalue weighted by Gasteiger charge is -2.10. The Morgan fingerprint density at radius 1 is 1.07 bits per heavy atom. The van der Waals surface area contributed by atoms with Crippen LogP contribution in [0, 0.1) is 5.82 Å². The SMILES string of the molecule is O=C(NCCOCCOCCNS(=O)(=O)c1ccc(O)cc1F)C(F)(F)F. The van der Waals surface area contributed by atoms with Gasteiger partial charge in [0, 0.05) is 19.2 Å². The molecule has 0 aromatic heterocycles. The number of benzene rings is 1. The fourth-order valence-corrected chi connectivity index (χ4v) is 2.76. The fraction of sp³-hybridized carbons (Fsp3) is 0.500. The number of amides is 1. The second-order valence-electron chi connectivity index (χ2n) is 4.99. The molecular weight excluding hydrogens is 400 g/mol. The van der Waals surface area contributed by atoms with Crippen LogP contribution in [0.4, 0.5) is 17.6 Å². The van der Waals surface area contributed by atoms with E-state index < -0.39 is 38.6 Å². The molecule has 0 aliphatic rings. The first kappa shape index (κ1) is 23.1. The minimum atomic E-state index is -4.94. The van der Waals surface area contributed by atoms with Crippen molar-refractivity contribution in [3.8, 4) is 5.75 Å². The van der Waals surface area contributed by atoms with Crippen LogP contribution in [-0.2, 0) is 24.3 Å². The molecule has 13 heteroatoms. The number of hydrogen-bond acceptors (Lipinski definition) is 6. The maximum absolute atomic E-state index is 13.5. The average molecular weight is 418 g/mol. The van der Waals surface area contributed by atoms with E-state index in [4.69, 9.17) is 14.6 Å². The first-order chi connectivity index (χ1) is 12.5. The van der Waals surface area contributed by atoms with Crippen molar-refractivity contribution in [1.29, 1.82) is 0 Å². The Kier molecular flexibility index (Phi) is 8.88. The predicted molar refractivity (Wildman–Crippen MR) is 84.0 cm³/mol. The van der Waals surface area contributed by atoms with E-state index >= 15 is 0 Å². The molecule has 0 aliphatic carbocycles. The van der Waals surface area contributed by atoms with Crippen LogP contribution < -0.4 is 10.0 Å². The van der Waals surface area contributed by atoms with E-state index in [9.17, 15) is 30.8 Å². The molecule has 0 spiro atoms. The Morgan fingerprint density at radius 3 is 2.22 bits per heavy atom. The highest BCUT2D eigenvalue weighted by molar-refractivity contribution is 7.89. The van der Waals surface area contributed by atoms with Gasteiger partial charge < -0.3 is 19.9 Å². The topological polar surface area (TPSA) is 114 Å². The second kappa shape index (κ2) is 10.4. The van der Waals surface area contributed by atoms with Crippen molar-refractivity contribution >= 4 is 15.9 Å². The van der Waals surface area contributed by atoms with Crippen LogP contribution in [0.5, 0.6) is 5.75 Å². The maximum Gasteiger partial charge on any atom is 0.471 e. The van der Waals surface area contributed by atoms with E-state index in [1.807, 2.05) is 0 Å². The van der Waals surface area contributed by atoms with Crippen molar-refractivity contribution in [1.82, 2.24) is 10.0 Å². The Morgan fingerprint density at radius 2 is 1.67 bits per heavy atom. The molecular formula is C14H18F4N2O6S. The third kappa shape index (κ3) is 8.51. The third-order valence-electron chi connectivity index (χ3n) is 2.90. The molecule has 1 aromatic rings. The summed E-state index contributed by atoms with van der Waals surface area (Å²) in [5.41, 5.74) is 0. The molecule has 0 aliphatic heterocycles. The van der Waals surface area contributed by atoms with Crippen LogP contribution in [0.2, 0.25) is 0 Å². The molecule has 3 N–H and O–H groups in total. The van der Waals surface area contributed by atoms with Crippen LogP contribution in [0.1, 0.15) is 0 Å². The van der Waals surface area contributed by atoms with Gasteiger partial charge in [-0.1, -0.05) is 0 Å². The van der Waals surface area contributed by atoms with Gasteiger partial charge in [0.15, 0.2) is 0 Å². The molecule has 0 saturated carbocycles. The quantitative estimate of drug-likeness (QED) is 0.357. The van der Waals surface area contributed by atoms with Crippen LogP contribution in [0.3, 0.4) is 0 Å². The van der Waals surface area contributed by atoms with Gasteiger partial charge in [0.1, 0.15) is 16.5 Å². The molecule has 27 heavy (non-hydrogen) atoms. The van der Waals surface area contributed by atoms with Crippen LogP contribution in [0.25, 0.3) is 0 Å². The highest BCUT2D eigenvalue weighted by Gasteiger charge is 2.38. The summed E-state index contributed by atoms with van der Waals surface area (Å²) >= 11 is 0. The van der Waals surface area contributed by atoms with Crippen molar-refractivity contribution in [2.75, 3.05) is 39.5 Å². The summed E-state index contributed by atoms with van der Waals surface area (Å²) in [7, 11) is -4.11. The molecule has 0 atom stereocenters. The number of halogens is 4. The van der Waals surface area contributed by atoms with E-state index in [0.717, 1.165) is 12.1 Å². The van der Waals surface area contributed by atoms with Crippen LogP contribution in [-0.4, -0.2) is 65.1 Å². The molecule has 0 bridgehead atoms. The standard InChI is InChI=1S/C14H18F4N2O6S/c15-11-9-10(21)1-2-12(11)27(23,24)20-4-6-26-8-7-25-5-3-19-13(22)14(16,17)18/h1-2,9,20-21H,3-8H2,(H,19,22). The lowest BCUT2D eigenvalue weighted by molar-refractivity contribution is -0.173. The number of phenolic OH excluding ortho intramolecular Hbond substituents is 1. The first-order valence-corrected chi connectivity index (χ1v) is 9.01. The highest BCUT2D eigenvalue weighted by Crippen LogP contribution is 2.19. The number of alkyl halides is 3. The Hall–Kier alpha value is -1.96. The molecule has 0 unspecified atom stereocenters. The zero-order valence-corrected chi connectivity index (χ0v) is 14.7. The average Bonchev–Trinajstić information content (AvgIpc) is 2.55. The van der Waals surface area contributed by atoms with Crippen molar-refractivity contribution in [3.05, 3.63) is 24.0 Å². The van der Waals surface area contributed by atoms with Gasteiger partial charge in [0.05, 0.1) is 26.4 Å². The second-order valence-corrected chi connectivity index (χ2v) is 6.73. The number of rotatable bonds is 11. The Balaban J connectivity index is 2.13. The largest absolute Gasteiger partial charge is 0.508 e. The molecule has 1 aromatic carbocycles. The molecule has 1 amide bonds. The summed E-state index contributed by atoms with van der Waals surface area (Å²) in [4.78, 5) is 9.86. The van der Waals surface area contributed by atoms with Crippen molar-refractivity contribution in [3.63, 3.8) is 0 Å². The number of phenols is 1. The summed E-state index contributed by atoms with van der Waals surface area (Å²) in [5, 5.41) is 10.7. The van der Waals surface area contributed by atoms with Crippen LogP contribution >= 0.6 is 0 Å². The van der Waals surface area contributed by atoms with Gasteiger partial charge in [-0.3, -0.25) is 4.79 Å². The van der Waals surface area contributed by atoms with Gasteiger partial charge in [-0.15, -0.1) is 0 Å². The summed E-state index contributed by atoms with van der Waals surface area (Å²) in [6, 6.07) is 2.61. The van der Waals surface area contributed by atoms with Gasteiger partial charge >= 0.3 is 12.1 Å². The molecule has 0 saturated heterocycles. The van der Waals surface area contributed by atoms with Crippen molar-refractivity contribution in [2.45, 2.75) is 11.1 Å².